The summed E-state index contributed by atoms with van der Waals surface area (Å²) in [5.41, 5.74) is 2.77. The standard InChI is InChI=1S/C22H25N5O3/c1-15-25-22(26-30-15)19-12-23-14-24-21(19)17-4-3-11-27(13-17)20(28)10-7-16-5-8-18(29-2)9-6-16/h5-6,8-9,12,14,17H,3-4,7,10-11,13H2,1-2H3/t17-/m0/s1. The number of ether oxygens (including phenoxy) is 1. The predicted octanol–water partition coefficient (Wildman–Crippen LogP) is 3.18. The third-order valence-corrected chi connectivity index (χ3v) is 5.46. The molecule has 1 fully saturated rings. The number of methoxy groups -OCH3 is 1. The van der Waals surface area contributed by atoms with E-state index in [2.05, 4.69) is 20.1 Å². The third-order valence-electron chi connectivity index (χ3n) is 5.46. The number of nitrogens with zero attached hydrogens (tertiary/aromatic N) is 5. The van der Waals surface area contributed by atoms with Crippen LogP contribution in [0.3, 0.4) is 0 Å². The van der Waals surface area contributed by atoms with E-state index in [-0.39, 0.29) is 11.8 Å². The molecule has 8 heteroatoms. The molecule has 1 atom stereocenters. The lowest BCUT2D eigenvalue weighted by atomic mass is 9.91. The second-order valence-corrected chi connectivity index (χ2v) is 7.49. The molecule has 0 saturated carbocycles. The molecule has 1 aliphatic rings. The van der Waals surface area contributed by atoms with Gasteiger partial charge >= 0.3 is 0 Å². The van der Waals surface area contributed by atoms with Crippen molar-refractivity contribution in [2.45, 2.75) is 38.5 Å². The fourth-order valence-corrected chi connectivity index (χ4v) is 3.87. The molecule has 0 unspecified atom stereocenters. The summed E-state index contributed by atoms with van der Waals surface area (Å²) in [6.07, 6.45) is 6.36. The molecule has 8 nitrogen and oxygen atoms in total. The van der Waals surface area contributed by atoms with Gasteiger partial charge in [0.05, 0.1) is 18.4 Å². The molecule has 1 saturated heterocycles. The topological polar surface area (TPSA) is 94.2 Å². The zero-order valence-corrected chi connectivity index (χ0v) is 17.2. The van der Waals surface area contributed by atoms with E-state index >= 15 is 0 Å². The van der Waals surface area contributed by atoms with Crippen LogP contribution in [0.4, 0.5) is 0 Å². The smallest absolute Gasteiger partial charge is 0.223 e. The van der Waals surface area contributed by atoms with Crippen LogP contribution in [0.2, 0.25) is 0 Å². The molecule has 156 valence electrons. The molecule has 0 N–H and O–H groups in total. The highest BCUT2D eigenvalue weighted by atomic mass is 16.5. The second kappa shape index (κ2) is 9.02. The van der Waals surface area contributed by atoms with Gasteiger partial charge in [0.2, 0.25) is 17.6 Å². The summed E-state index contributed by atoms with van der Waals surface area (Å²) in [7, 11) is 1.65. The Bertz CT molecular complexity index is 1000. The summed E-state index contributed by atoms with van der Waals surface area (Å²) < 4.78 is 10.3. The number of carbonyl (C=O) groups excluding carboxylic acids is 1. The first-order chi connectivity index (χ1) is 14.6. The largest absolute Gasteiger partial charge is 0.497 e. The number of aromatic nitrogens is 4. The van der Waals surface area contributed by atoms with Crippen molar-refractivity contribution in [1.82, 2.24) is 25.0 Å². The highest BCUT2D eigenvalue weighted by molar-refractivity contribution is 5.76. The van der Waals surface area contributed by atoms with Gasteiger partial charge in [-0.05, 0) is 37.0 Å². The van der Waals surface area contributed by atoms with Crippen molar-refractivity contribution in [3.63, 3.8) is 0 Å². The van der Waals surface area contributed by atoms with Gasteiger partial charge in [0.1, 0.15) is 12.1 Å². The van der Waals surface area contributed by atoms with E-state index in [4.69, 9.17) is 9.26 Å². The van der Waals surface area contributed by atoms with Gasteiger partial charge < -0.3 is 14.2 Å². The quantitative estimate of drug-likeness (QED) is 0.619. The first-order valence-corrected chi connectivity index (χ1v) is 10.2. The van der Waals surface area contributed by atoms with Gasteiger partial charge in [-0.3, -0.25) is 4.79 Å². The summed E-state index contributed by atoms with van der Waals surface area (Å²) in [5.74, 6) is 2.10. The maximum Gasteiger partial charge on any atom is 0.223 e. The second-order valence-electron chi connectivity index (χ2n) is 7.49. The Hall–Kier alpha value is -3.29. The van der Waals surface area contributed by atoms with Crippen molar-refractivity contribution in [3.05, 3.63) is 53.9 Å². The minimum atomic E-state index is 0.125. The molecule has 1 aliphatic heterocycles. The Balaban J connectivity index is 1.42. The van der Waals surface area contributed by atoms with E-state index in [1.807, 2.05) is 29.2 Å². The molecule has 1 amide bonds. The number of amides is 1. The maximum absolute atomic E-state index is 12.9. The number of aryl methyl sites for hydroxylation is 2. The average molecular weight is 407 g/mol. The lowest BCUT2D eigenvalue weighted by molar-refractivity contribution is -0.132. The predicted molar refractivity (Wildman–Crippen MR) is 110 cm³/mol. The van der Waals surface area contributed by atoms with Gasteiger partial charge in [-0.25, -0.2) is 9.97 Å². The molecular formula is C22H25N5O3. The normalized spacial score (nSPS) is 16.5. The van der Waals surface area contributed by atoms with E-state index in [0.717, 1.165) is 42.0 Å². The highest BCUT2D eigenvalue weighted by Crippen LogP contribution is 2.31. The molecule has 1 aromatic carbocycles. The van der Waals surface area contributed by atoms with Gasteiger partial charge in [0, 0.05) is 38.5 Å². The van der Waals surface area contributed by atoms with Crippen molar-refractivity contribution in [1.29, 1.82) is 0 Å². The number of carbonyl (C=O) groups is 1. The molecule has 0 spiro atoms. The third kappa shape index (κ3) is 4.48. The van der Waals surface area contributed by atoms with Crippen LogP contribution >= 0.6 is 0 Å². The van der Waals surface area contributed by atoms with E-state index in [1.165, 1.54) is 6.33 Å². The lowest BCUT2D eigenvalue weighted by Crippen LogP contribution is -2.39. The highest BCUT2D eigenvalue weighted by Gasteiger charge is 2.28. The van der Waals surface area contributed by atoms with Crippen molar-refractivity contribution in [3.8, 4) is 17.1 Å². The fourth-order valence-electron chi connectivity index (χ4n) is 3.87. The minimum Gasteiger partial charge on any atom is -0.497 e. The number of benzene rings is 1. The first kappa shape index (κ1) is 20.0. The molecule has 3 heterocycles. The Kier molecular flexibility index (Phi) is 6.02. The molecule has 3 aromatic rings. The van der Waals surface area contributed by atoms with Crippen molar-refractivity contribution in [2.24, 2.45) is 0 Å². The van der Waals surface area contributed by atoms with Crippen molar-refractivity contribution in [2.75, 3.05) is 20.2 Å². The van der Waals surface area contributed by atoms with Crippen LogP contribution in [-0.2, 0) is 11.2 Å². The maximum atomic E-state index is 12.9. The number of hydrogen-bond donors (Lipinski definition) is 0. The Morgan fingerprint density at radius 3 is 2.87 bits per heavy atom. The van der Waals surface area contributed by atoms with Crippen LogP contribution in [0.1, 0.15) is 42.3 Å². The van der Waals surface area contributed by atoms with Crippen LogP contribution in [0.25, 0.3) is 11.4 Å². The zero-order valence-electron chi connectivity index (χ0n) is 17.2. The molecule has 2 aromatic heterocycles. The molecular weight excluding hydrogens is 382 g/mol. The number of rotatable bonds is 6. The molecule has 0 bridgehead atoms. The van der Waals surface area contributed by atoms with Crippen LogP contribution in [0.15, 0.2) is 41.3 Å². The van der Waals surface area contributed by atoms with E-state index < -0.39 is 0 Å². The van der Waals surface area contributed by atoms with Crippen molar-refractivity contribution < 1.29 is 14.1 Å². The molecule has 0 aliphatic carbocycles. The van der Waals surface area contributed by atoms with Crippen LogP contribution < -0.4 is 4.74 Å². The van der Waals surface area contributed by atoms with Gasteiger partial charge in [0.25, 0.3) is 0 Å². The van der Waals surface area contributed by atoms with Gasteiger partial charge in [-0.2, -0.15) is 4.98 Å². The number of piperidine rings is 1. The summed E-state index contributed by atoms with van der Waals surface area (Å²) in [6.45, 7) is 3.17. The van der Waals surface area contributed by atoms with Crippen LogP contribution in [0, 0.1) is 6.92 Å². The molecule has 4 rings (SSSR count). The zero-order chi connectivity index (χ0) is 20.9. The van der Waals surface area contributed by atoms with Gasteiger partial charge in [-0.1, -0.05) is 17.3 Å². The molecule has 0 radical (unpaired) electrons. The fraction of sp³-hybridized carbons (Fsp3) is 0.409. The van der Waals surface area contributed by atoms with E-state index in [9.17, 15) is 4.79 Å². The van der Waals surface area contributed by atoms with Gasteiger partial charge in [-0.15, -0.1) is 0 Å². The van der Waals surface area contributed by atoms with E-state index in [1.54, 1.807) is 20.2 Å². The van der Waals surface area contributed by atoms with Crippen LogP contribution in [-0.4, -0.2) is 51.1 Å². The molecule has 30 heavy (non-hydrogen) atoms. The lowest BCUT2D eigenvalue weighted by Gasteiger charge is -2.33. The van der Waals surface area contributed by atoms with E-state index in [0.29, 0.717) is 31.1 Å². The monoisotopic (exact) mass is 407 g/mol. The Morgan fingerprint density at radius 1 is 1.30 bits per heavy atom. The Morgan fingerprint density at radius 2 is 2.13 bits per heavy atom. The number of likely N-dealkylation sites (tertiary alicyclic amines) is 1. The average Bonchev–Trinajstić information content (AvgIpc) is 3.24. The summed E-state index contributed by atoms with van der Waals surface area (Å²) >= 11 is 0. The summed E-state index contributed by atoms with van der Waals surface area (Å²) in [6, 6.07) is 7.86. The van der Waals surface area contributed by atoms with Gasteiger partial charge in [0.15, 0.2) is 0 Å². The Labute approximate surface area is 175 Å². The SMILES string of the molecule is COc1ccc(CCC(=O)N2CCC[C@H](c3ncncc3-c3noc(C)n3)C2)cc1. The minimum absolute atomic E-state index is 0.125. The summed E-state index contributed by atoms with van der Waals surface area (Å²) in [5, 5.41) is 4.02. The van der Waals surface area contributed by atoms with Crippen LogP contribution in [0.5, 0.6) is 5.75 Å². The number of hydrogen-bond acceptors (Lipinski definition) is 7. The summed E-state index contributed by atoms with van der Waals surface area (Å²) in [4.78, 5) is 27.8. The first-order valence-electron chi connectivity index (χ1n) is 10.2. The van der Waals surface area contributed by atoms with Crippen molar-refractivity contribution >= 4 is 5.91 Å².